The maximum atomic E-state index is 6.00. The molecule has 3 nitrogen and oxygen atoms in total. The van der Waals surface area contributed by atoms with E-state index in [-0.39, 0.29) is 0 Å². The van der Waals surface area contributed by atoms with Crippen LogP contribution in [0.15, 0.2) is 12.3 Å². The molecule has 0 saturated carbocycles. The van der Waals surface area contributed by atoms with Crippen LogP contribution in [-0.2, 0) is 6.42 Å². The SMILES string of the molecule is CCCCCC(C)n1c(CCCl)nc2cc(Cl)cnc21. The summed E-state index contributed by atoms with van der Waals surface area (Å²) in [5, 5.41) is 0.623. The van der Waals surface area contributed by atoms with E-state index in [2.05, 4.69) is 28.4 Å². The first-order valence-corrected chi connectivity index (χ1v) is 8.17. The van der Waals surface area contributed by atoms with Crippen molar-refractivity contribution in [3.05, 3.63) is 23.1 Å². The average Bonchev–Trinajstić information content (AvgIpc) is 2.76. The van der Waals surface area contributed by atoms with E-state index in [9.17, 15) is 0 Å². The molecule has 0 amide bonds. The van der Waals surface area contributed by atoms with Gasteiger partial charge in [0.15, 0.2) is 5.65 Å². The summed E-state index contributed by atoms with van der Waals surface area (Å²) < 4.78 is 2.23. The third kappa shape index (κ3) is 3.44. The molecule has 0 aliphatic rings. The fourth-order valence-electron chi connectivity index (χ4n) is 2.55. The summed E-state index contributed by atoms with van der Waals surface area (Å²) in [5.41, 5.74) is 1.78. The summed E-state index contributed by atoms with van der Waals surface area (Å²) in [4.78, 5) is 9.10. The number of alkyl halides is 1. The standard InChI is InChI=1S/C15H21Cl2N3/c1-3-4-5-6-11(2)20-14(7-8-16)19-13-9-12(17)10-18-15(13)20/h9-11H,3-8H2,1-2H3. The molecule has 20 heavy (non-hydrogen) atoms. The normalized spacial score (nSPS) is 13.0. The number of imidazole rings is 1. The molecular weight excluding hydrogens is 293 g/mol. The van der Waals surface area contributed by atoms with Gasteiger partial charge in [-0.25, -0.2) is 9.97 Å². The second kappa shape index (κ2) is 7.28. The minimum Gasteiger partial charge on any atom is -0.310 e. The second-order valence-corrected chi connectivity index (χ2v) is 5.99. The first kappa shape index (κ1) is 15.6. The van der Waals surface area contributed by atoms with Crippen LogP contribution in [0.2, 0.25) is 5.02 Å². The van der Waals surface area contributed by atoms with E-state index < -0.39 is 0 Å². The minimum absolute atomic E-state index is 0.387. The van der Waals surface area contributed by atoms with Crippen LogP contribution in [0.4, 0.5) is 0 Å². The lowest BCUT2D eigenvalue weighted by molar-refractivity contribution is 0.472. The molecule has 0 spiro atoms. The number of nitrogens with zero attached hydrogens (tertiary/aromatic N) is 3. The van der Waals surface area contributed by atoms with Crippen molar-refractivity contribution in [2.75, 3.05) is 5.88 Å². The largest absolute Gasteiger partial charge is 0.310 e. The monoisotopic (exact) mass is 313 g/mol. The van der Waals surface area contributed by atoms with Crippen LogP contribution in [0.25, 0.3) is 11.2 Å². The Balaban J connectivity index is 2.34. The van der Waals surface area contributed by atoms with Crippen LogP contribution in [0, 0.1) is 0 Å². The van der Waals surface area contributed by atoms with Crippen molar-refractivity contribution in [3.63, 3.8) is 0 Å². The van der Waals surface area contributed by atoms with Crippen LogP contribution >= 0.6 is 23.2 Å². The summed E-state index contributed by atoms with van der Waals surface area (Å²) in [6, 6.07) is 2.26. The Morgan fingerprint density at radius 3 is 2.85 bits per heavy atom. The van der Waals surface area contributed by atoms with Gasteiger partial charge in [0, 0.05) is 24.5 Å². The maximum Gasteiger partial charge on any atom is 0.160 e. The molecule has 1 unspecified atom stereocenters. The summed E-state index contributed by atoms with van der Waals surface area (Å²) in [6.07, 6.45) is 7.31. The Hall–Kier alpha value is -0.800. The number of aryl methyl sites for hydroxylation is 1. The number of hydrogen-bond acceptors (Lipinski definition) is 2. The molecule has 0 fully saturated rings. The van der Waals surface area contributed by atoms with Gasteiger partial charge < -0.3 is 4.57 Å². The predicted molar refractivity (Wildman–Crippen MR) is 85.8 cm³/mol. The first-order chi connectivity index (χ1) is 9.67. The predicted octanol–water partition coefficient (Wildman–Crippen LogP) is 5.01. The number of rotatable bonds is 7. The van der Waals surface area contributed by atoms with Gasteiger partial charge in [-0.1, -0.05) is 37.8 Å². The highest BCUT2D eigenvalue weighted by Crippen LogP contribution is 2.25. The van der Waals surface area contributed by atoms with E-state index in [1.165, 1.54) is 19.3 Å². The minimum atomic E-state index is 0.387. The number of pyridine rings is 1. The topological polar surface area (TPSA) is 30.7 Å². The number of fused-ring (bicyclic) bond motifs is 1. The van der Waals surface area contributed by atoms with Gasteiger partial charge in [0.05, 0.1) is 5.02 Å². The molecule has 0 N–H and O–H groups in total. The number of halogens is 2. The number of hydrogen-bond donors (Lipinski definition) is 0. The molecule has 0 aliphatic heterocycles. The van der Waals surface area contributed by atoms with Crippen molar-refractivity contribution in [3.8, 4) is 0 Å². The lowest BCUT2D eigenvalue weighted by Gasteiger charge is -2.16. The molecule has 2 heterocycles. The van der Waals surface area contributed by atoms with Crippen molar-refractivity contribution in [2.24, 2.45) is 0 Å². The highest BCUT2D eigenvalue weighted by atomic mass is 35.5. The van der Waals surface area contributed by atoms with Crippen molar-refractivity contribution in [1.82, 2.24) is 14.5 Å². The average molecular weight is 314 g/mol. The fraction of sp³-hybridized carbons (Fsp3) is 0.600. The van der Waals surface area contributed by atoms with Crippen LogP contribution in [0.3, 0.4) is 0 Å². The van der Waals surface area contributed by atoms with Gasteiger partial charge in [0.1, 0.15) is 11.3 Å². The van der Waals surface area contributed by atoms with E-state index in [4.69, 9.17) is 23.2 Å². The van der Waals surface area contributed by atoms with Gasteiger partial charge >= 0.3 is 0 Å². The Morgan fingerprint density at radius 1 is 1.35 bits per heavy atom. The van der Waals surface area contributed by atoms with E-state index in [0.29, 0.717) is 16.9 Å². The molecule has 2 aromatic rings. The van der Waals surface area contributed by atoms with Gasteiger partial charge in [-0.3, -0.25) is 0 Å². The lowest BCUT2D eigenvalue weighted by atomic mass is 10.1. The van der Waals surface area contributed by atoms with Gasteiger partial charge in [0.2, 0.25) is 0 Å². The molecule has 0 bridgehead atoms. The van der Waals surface area contributed by atoms with E-state index in [0.717, 1.165) is 29.8 Å². The fourth-order valence-corrected chi connectivity index (χ4v) is 2.87. The Labute approximate surface area is 130 Å². The Morgan fingerprint density at radius 2 is 2.15 bits per heavy atom. The van der Waals surface area contributed by atoms with Crippen molar-refractivity contribution in [1.29, 1.82) is 0 Å². The van der Waals surface area contributed by atoms with Crippen molar-refractivity contribution in [2.45, 2.75) is 52.0 Å². The summed E-state index contributed by atoms with van der Waals surface area (Å²) in [5.74, 6) is 1.58. The third-order valence-electron chi connectivity index (χ3n) is 3.55. The molecule has 1 atom stereocenters. The van der Waals surface area contributed by atoms with Crippen molar-refractivity contribution < 1.29 is 0 Å². The summed E-state index contributed by atoms with van der Waals surface area (Å²) in [6.45, 7) is 4.45. The molecule has 0 aliphatic carbocycles. The molecular formula is C15H21Cl2N3. The quantitative estimate of drug-likeness (QED) is 0.531. The summed E-state index contributed by atoms with van der Waals surface area (Å²) in [7, 11) is 0. The summed E-state index contributed by atoms with van der Waals surface area (Å²) >= 11 is 11.9. The van der Waals surface area contributed by atoms with E-state index in [1.807, 2.05) is 6.07 Å². The van der Waals surface area contributed by atoms with Gasteiger partial charge in [-0.15, -0.1) is 11.6 Å². The molecule has 0 saturated heterocycles. The maximum absolute atomic E-state index is 6.00. The smallest absolute Gasteiger partial charge is 0.160 e. The second-order valence-electron chi connectivity index (χ2n) is 5.18. The lowest BCUT2D eigenvalue weighted by Crippen LogP contribution is -2.10. The van der Waals surface area contributed by atoms with Crippen LogP contribution in [0.5, 0.6) is 0 Å². The molecule has 110 valence electrons. The zero-order valence-electron chi connectivity index (χ0n) is 12.1. The van der Waals surface area contributed by atoms with E-state index >= 15 is 0 Å². The van der Waals surface area contributed by atoms with Crippen LogP contribution < -0.4 is 0 Å². The Bertz CT molecular complexity index is 565. The van der Waals surface area contributed by atoms with Crippen LogP contribution in [0.1, 0.15) is 51.4 Å². The number of unbranched alkanes of at least 4 members (excludes halogenated alkanes) is 2. The van der Waals surface area contributed by atoms with Gasteiger partial charge in [0.25, 0.3) is 0 Å². The molecule has 5 heteroatoms. The highest BCUT2D eigenvalue weighted by molar-refractivity contribution is 6.31. The molecule has 2 rings (SSSR count). The van der Waals surface area contributed by atoms with Gasteiger partial charge in [-0.2, -0.15) is 0 Å². The van der Waals surface area contributed by atoms with Crippen molar-refractivity contribution >= 4 is 34.4 Å². The zero-order chi connectivity index (χ0) is 14.5. The molecule has 2 aromatic heterocycles. The number of aromatic nitrogens is 3. The van der Waals surface area contributed by atoms with E-state index in [1.54, 1.807) is 6.20 Å². The first-order valence-electron chi connectivity index (χ1n) is 7.25. The third-order valence-corrected chi connectivity index (χ3v) is 3.95. The highest BCUT2D eigenvalue weighted by Gasteiger charge is 2.16. The molecule has 0 radical (unpaired) electrons. The molecule has 0 aromatic carbocycles. The zero-order valence-corrected chi connectivity index (χ0v) is 13.6. The van der Waals surface area contributed by atoms with Crippen LogP contribution in [-0.4, -0.2) is 20.4 Å². The Kier molecular flexibility index (Phi) is 5.67. The van der Waals surface area contributed by atoms with Gasteiger partial charge in [-0.05, 0) is 19.4 Å².